The molecule has 9 atom stereocenters. The Labute approximate surface area is 201 Å². The smallest absolute Gasteiger partial charge is 0.310 e. The van der Waals surface area contributed by atoms with E-state index in [1.807, 2.05) is 0 Å². The second-order valence-corrected chi connectivity index (χ2v) is 14.5. The second-order valence-electron chi connectivity index (χ2n) is 14.5. The quantitative estimate of drug-likeness (QED) is 0.436. The minimum absolute atomic E-state index is 0.0276. The molecule has 0 bridgehead atoms. The maximum absolute atomic E-state index is 12.9. The summed E-state index contributed by atoms with van der Waals surface area (Å²) in [5.41, 5.74) is 1.50. The summed E-state index contributed by atoms with van der Waals surface area (Å²) in [5, 5.41) is 21.5. The van der Waals surface area contributed by atoms with Crippen molar-refractivity contribution in [1.82, 2.24) is 0 Å². The molecule has 0 aromatic heterocycles. The van der Waals surface area contributed by atoms with Gasteiger partial charge in [0.05, 0.1) is 11.5 Å². The zero-order chi connectivity index (χ0) is 24.2. The van der Waals surface area contributed by atoms with Crippen LogP contribution in [0.5, 0.6) is 0 Å². The molecule has 3 heteroatoms. The third kappa shape index (κ3) is 2.70. The number of fused-ring (bicyclic) bond motifs is 7. The summed E-state index contributed by atoms with van der Waals surface area (Å²) in [4.78, 5) is 12.9. The Morgan fingerprint density at radius 2 is 1.64 bits per heavy atom. The van der Waals surface area contributed by atoms with Gasteiger partial charge in [-0.2, -0.15) is 0 Å². The molecule has 0 spiro atoms. The van der Waals surface area contributed by atoms with E-state index in [1.54, 1.807) is 0 Å². The molecule has 0 aromatic rings. The summed E-state index contributed by atoms with van der Waals surface area (Å²) in [6.45, 7) is 16.7. The number of hydrogen-bond acceptors (Lipinski definition) is 2. The molecule has 0 radical (unpaired) electrons. The molecular formula is C30H48O3. The summed E-state index contributed by atoms with van der Waals surface area (Å²) in [6, 6.07) is 0. The fraction of sp³-hybridized carbons (Fsp3) is 0.900. The number of hydrogen-bond donors (Lipinski definition) is 2. The molecule has 2 unspecified atom stereocenters. The Kier molecular flexibility index (Phi) is 5.15. The van der Waals surface area contributed by atoms with Crippen molar-refractivity contribution in [2.75, 3.05) is 0 Å². The van der Waals surface area contributed by atoms with E-state index in [9.17, 15) is 15.0 Å². The van der Waals surface area contributed by atoms with Crippen molar-refractivity contribution in [3.8, 4) is 0 Å². The van der Waals surface area contributed by atoms with Crippen molar-refractivity contribution >= 4 is 5.97 Å². The number of carboxylic acid groups (broad SMARTS) is 1. The largest absolute Gasteiger partial charge is 0.481 e. The molecule has 5 aliphatic rings. The van der Waals surface area contributed by atoms with E-state index in [0.29, 0.717) is 23.7 Å². The van der Waals surface area contributed by atoms with Crippen LogP contribution in [0.1, 0.15) is 106 Å². The fourth-order valence-corrected chi connectivity index (χ4v) is 11.2. The van der Waals surface area contributed by atoms with Crippen LogP contribution in [-0.2, 0) is 4.79 Å². The van der Waals surface area contributed by atoms with Crippen LogP contribution in [-0.4, -0.2) is 22.3 Å². The molecule has 5 aliphatic carbocycles. The van der Waals surface area contributed by atoms with Crippen LogP contribution in [0.4, 0.5) is 0 Å². The molecule has 0 aromatic carbocycles. The van der Waals surface area contributed by atoms with Crippen molar-refractivity contribution < 1.29 is 15.0 Å². The van der Waals surface area contributed by atoms with E-state index in [-0.39, 0.29) is 33.7 Å². The van der Waals surface area contributed by atoms with E-state index in [2.05, 4.69) is 54.5 Å². The third-order valence-electron chi connectivity index (χ3n) is 13.2. The minimum atomic E-state index is -0.555. The number of carboxylic acids is 1. The van der Waals surface area contributed by atoms with Crippen molar-refractivity contribution in [1.29, 1.82) is 0 Å². The molecule has 4 saturated carbocycles. The lowest BCUT2D eigenvalue weighted by Crippen LogP contribution is -2.64. The third-order valence-corrected chi connectivity index (χ3v) is 13.2. The number of carbonyl (C=O) groups is 1. The zero-order valence-corrected chi connectivity index (χ0v) is 22.2. The monoisotopic (exact) mass is 456 g/mol. The van der Waals surface area contributed by atoms with Gasteiger partial charge in [0.25, 0.3) is 0 Å². The molecule has 2 N–H and O–H groups in total. The fourth-order valence-electron chi connectivity index (χ4n) is 11.2. The van der Waals surface area contributed by atoms with Gasteiger partial charge < -0.3 is 10.2 Å². The highest BCUT2D eigenvalue weighted by Gasteiger charge is 2.70. The van der Waals surface area contributed by atoms with E-state index >= 15 is 0 Å². The van der Waals surface area contributed by atoms with Gasteiger partial charge in [-0.25, -0.2) is 0 Å². The predicted octanol–water partition coefficient (Wildman–Crippen LogP) is 7.09. The highest BCUT2D eigenvalue weighted by molar-refractivity contribution is 5.77. The molecule has 0 heterocycles. The first-order valence-corrected chi connectivity index (χ1v) is 13.9. The maximum atomic E-state index is 12.9. The first kappa shape index (κ1) is 23.9. The molecule has 4 fully saturated rings. The first-order chi connectivity index (χ1) is 15.3. The SMILES string of the molecule is CC(C)[C@@H]1CC[C@@H]2C3=CC[C@@H]4[C@@]5(C)CC[C@@H](O)C(C)(C)C5CC[C@@]4(C)[C@]3(C)CCC21C(=O)O. The molecule has 0 saturated heterocycles. The number of aliphatic carboxylic acids is 1. The van der Waals surface area contributed by atoms with Crippen LogP contribution in [0.15, 0.2) is 11.6 Å². The van der Waals surface area contributed by atoms with Gasteiger partial charge in [-0.1, -0.05) is 60.1 Å². The highest BCUT2D eigenvalue weighted by Crippen LogP contribution is 2.76. The van der Waals surface area contributed by atoms with Gasteiger partial charge in [-0.3, -0.25) is 4.79 Å². The van der Waals surface area contributed by atoms with Crippen molar-refractivity contribution in [3.63, 3.8) is 0 Å². The maximum Gasteiger partial charge on any atom is 0.310 e. The van der Waals surface area contributed by atoms with Gasteiger partial charge in [0, 0.05) is 0 Å². The number of aliphatic hydroxyl groups is 1. The second kappa shape index (κ2) is 7.11. The van der Waals surface area contributed by atoms with Gasteiger partial charge in [0.15, 0.2) is 0 Å². The summed E-state index contributed by atoms with van der Waals surface area (Å²) in [5.74, 6) is 1.58. The Hall–Kier alpha value is -0.830. The van der Waals surface area contributed by atoms with Gasteiger partial charge in [0.2, 0.25) is 0 Å². The lowest BCUT2D eigenvalue weighted by atomic mass is 9.34. The van der Waals surface area contributed by atoms with Crippen LogP contribution in [0.25, 0.3) is 0 Å². The minimum Gasteiger partial charge on any atom is -0.481 e. The molecule has 186 valence electrons. The summed E-state index contributed by atoms with van der Waals surface area (Å²) >= 11 is 0. The van der Waals surface area contributed by atoms with Crippen LogP contribution in [0, 0.1) is 56.7 Å². The van der Waals surface area contributed by atoms with Gasteiger partial charge in [0.1, 0.15) is 0 Å². The highest BCUT2D eigenvalue weighted by atomic mass is 16.4. The number of aliphatic hydroxyl groups excluding tert-OH is 1. The molecular weight excluding hydrogens is 408 g/mol. The summed E-state index contributed by atoms with van der Waals surface area (Å²) < 4.78 is 0. The average Bonchev–Trinajstić information content (AvgIpc) is 3.13. The Balaban J connectivity index is 1.58. The van der Waals surface area contributed by atoms with E-state index in [1.165, 1.54) is 18.4 Å². The topological polar surface area (TPSA) is 57.5 Å². The Bertz CT molecular complexity index is 872. The number of allylic oxidation sites excluding steroid dienone is 2. The van der Waals surface area contributed by atoms with Gasteiger partial charge in [-0.15, -0.1) is 0 Å². The van der Waals surface area contributed by atoms with Gasteiger partial charge >= 0.3 is 5.97 Å². The molecule has 3 nitrogen and oxygen atoms in total. The summed E-state index contributed by atoms with van der Waals surface area (Å²) in [6.07, 6.45) is 11.9. The van der Waals surface area contributed by atoms with Crippen LogP contribution < -0.4 is 0 Å². The lowest BCUT2D eigenvalue weighted by Gasteiger charge is -2.70. The summed E-state index contributed by atoms with van der Waals surface area (Å²) in [7, 11) is 0. The Morgan fingerprint density at radius 1 is 0.939 bits per heavy atom. The average molecular weight is 457 g/mol. The molecule has 0 aliphatic heterocycles. The van der Waals surface area contributed by atoms with Crippen molar-refractivity contribution in [3.05, 3.63) is 11.6 Å². The van der Waals surface area contributed by atoms with E-state index in [4.69, 9.17) is 0 Å². The van der Waals surface area contributed by atoms with Crippen molar-refractivity contribution in [2.45, 2.75) is 112 Å². The molecule has 5 rings (SSSR count). The standard InChI is InChI=1S/C30H48O3/c1-18(2)19-8-9-21-20-10-11-23-27(5)14-13-24(31)26(3,4)22(27)12-15-29(23,7)28(20,6)16-17-30(19,21)25(32)33/h10,18-19,21-24,31H,8-9,11-17H2,1-7H3,(H,32,33)/t19-,21+,22?,23+,24+,27-,28+,29+,30?/m0/s1. The van der Waals surface area contributed by atoms with Gasteiger partial charge in [-0.05, 0) is 109 Å². The molecule has 33 heavy (non-hydrogen) atoms. The number of rotatable bonds is 2. The van der Waals surface area contributed by atoms with Crippen molar-refractivity contribution in [2.24, 2.45) is 56.7 Å². The zero-order valence-electron chi connectivity index (χ0n) is 22.2. The normalized spacial score (nSPS) is 52.9. The molecule has 0 amide bonds. The van der Waals surface area contributed by atoms with E-state index < -0.39 is 11.4 Å². The van der Waals surface area contributed by atoms with Crippen LogP contribution in [0.2, 0.25) is 0 Å². The van der Waals surface area contributed by atoms with Crippen LogP contribution >= 0.6 is 0 Å². The van der Waals surface area contributed by atoms with E-state index in [0.717, 1.165) is 44.9 Å². The van der Waals surface area contributed by atoms with Crippen LogP contribution in [0.3, 0.4) is 0 Å². The lowest BCUT2D eigenvalue weighted by molar-refractivity contribution is -0.203. The first-order valence-electron chi connectivity index (χ1n) is 13.9. The predicted molar refractivity (Wildman–Crippen MR) is 133 cm³/mol. The Morgan fingerprint density at radius 3 is 2.27 bits per heavy atom.